The van der Waals surface area contributed by atoms with Crippen molar-refractivity contribution in [3.8, 4) is 0 Å². The van der Waals surface area contributed by atoms with Crippen molar-refractivity contribution in [1.82, 2.24) is 5.32 Å². The lowest BCUT2D eigenvalue weighted by Crippen LogP contribution is -2.23. The molecule has 1 aromatic heterocycles. The standard InChI is InChI=1S/C14H14BrCl2NS/c1-2-18-14(11-7-19-8-12(11)15)5-9-3-4-10(16)6-13(9)17/h3-4,6-8,14,18H,2,5H2,1H3. The molecule has 1 heterocycles. The van der Waals surface area contributed by atoms with E-state index in [0.717, 1.165) is 28.0 Å². The number of halogens is 3. The molecule has 0 amide bonds. The number of nitrogens with one attached hydrogen (secondary N) is 1. The van der Waals surface area contributed by atoms with Crippen molar-refractivity contribution in [3.63, 3.8) is 0 Å². The predicted molar refractivity (Wildman–Crippen MR) is 88.6 cm³/mol. The SMILES string of the molecule is CCNC(Cc1ccc(Cl)cc1Cl)c1cscc1Br. The van der Waals surface area contributed by atoms with Crippen molar-refractivity contribution >= 4 is 50.5 Å². The van der Waals surface area contributed by atoms with Crippen LogP contribution in [0.4, 0.5) is 0 Å². The molecular weight excluding hydrogens is 365 g/mol. The normalized spacial score (nSPS) is 12.6. The topological polar surface area (TPSA) is 12.0 Å². The Morgan fingerprint density at radius 2 is 2.11 bits per heavy atom. The molecule has 0 bridgehead atoms. The number of rotatable bonds is 5. The lowest BCUT2D eigenvalue weighted by Gasteiger charge is -2.18. The first-order valence-electron chi connectivity index (χ1n) is 6.00. The van der Waals surface area contributed by atoms with Crippen molar-refractivity contribution < 1.29 is 0 Å². The molecule has 0 aliphatic heterocycles. The highest BCUT2D eigenvalue weighted by atomic mass is 79.9. The van der Waals surface area contributed by atoms with Crippen LogP contribution in [-0.4, -0.2) is 6.54 Å². The van der Waals surface area contributed by atoms with Crippen LogP contribution in [0.15, 0.2) is 33.4 Å². The molecule has 2 rings (SSSR count). The Bertz CT molecular complexity index is 556. The Kier molecular flexibility index (Phi) is 5.72. The lowest BCUT2D eigenvalue weighted by molar-refractivity contribution is 0.549. The summed E-state index contributed by atoms with van der Waals surface area (Å²) in [6.45, 7) is 3.02. The molecule has 1 aromatic carbocycles. The van der Waals surface area contributed by atoms with Gasteiger partial charge in [0.25, 0.3) is 0 Å². The average Bonchev–Trinajstić information content (AvgIpc) is 2.78. The highest BCUT2D eigenvalue weighted by molar-refractivity contribution is 9.10. The van der Waals surface area contributed by atoms with Gasteiger partial charge >= 0.3 is 0 Å². The fourth-order valence-corrected chi connectivity index (χ4v) is 4.10. The van der Waals surface area contributed by atoms with Gasteiger partial charge in [-0.1, -0.05) is 36.2 Å². The summed E-state index contributed by atoms with van der Waals surface area (Å²) in [5, 5.41) is 9.17. The molecule has 5 heteroatoms. The molecular formula is C14H14BrCl2NS. The summed E-state index contributed by atoms with van der Waals surface area (Å²) in [6.07, 6.45) is 0.846. The molecule has 0 fully saturated rings. The lowest BCUT2D eigenvalue weighted by atomic mass is 10.0. The van der Waals surface area contributed by atoms with E-state index in [9.17, 15) is 0 Å². The largest absolute Gasteiger partial charge is 0.310 e. The average molecular weight is 379 g/mol. The van der Waals surface area contributed by atoms with E-state index in [1.54, 1.807) is 17.4 Å². The highest BCUT2D eigenvalue weighted by Gasteiger charge is 2.16. The maximum absolute atomic E-state index is 6.25. The van der Waals surface area contributed by atoms with E-state index in [4.69, 9.17) is 23.2 Å². The minimum atomic E-state index is 0.254. The fourth-order valence-electron chi connectivity index (χ4n) is 1.99. The van der Waals surface area contributed by atoms with Crippen LogP contribution in [0.2, 0.25) is 10.0 Å². The van der Waals surface area contributed by atoms with E-state index in [2.05, 4.69) is 38.9 Å². The quantitative estimate of drug-likeness (QED) is 0.702. The first kappa shape index (κ1) is 15.3. The van der Waals surface area contributed by atoms with Gasteiger partial charge in [-0.3, -0.25) is 0 Å². The molecule has 1 atom stereocenters. The smallest absolute Gasteiger partial charge is 0.0453 e. The molecule has 1 N–H and O–H groups in total. The molecule has 0 saturated heterocycles. The predicted octanol–water partition coefficient (Wildman–Crippen LogP) is 5.71. The minimum Gasteiger partial charge on any atom is -0.310 e. The molecule has 0 spiro atoms. The van der Waals surface area contributed by atoms with Gasteiger partial charge in [0.1, 0.15) is 0 Å². The van der Waals surface area contributed by atoms with Crippen LogP contribution in [0.3, 0.4) is 0 Å². The van der Waals surface area contributed by atoms with Crippen molar-refractivity contribution in [1.29, 1.82) is 0 Å². The van der Waals surface area contributed by atoms with Gasteiger partial charge in [0.15, 0.2) is 0 Å². The van der Waals surface area contributed by atoms with E-state index in [0.29, 0.717) is 5.02 Å². The maximum Gasteiger partial charge on any atom is 0.0453 e. The van der Waals surface area contributed by atoms with Crippen LogP contribution >= 0.6 is 50.5 Å². The molecule has 1 nitrogen and oxygen atoms in total. The minimum absolute atomic E-state index is 0.254. The maximum atomic E-state index is 6.25. The molecule has 19 heavy (non-hydrogen) atoms. The van der Waals surface area contributed by atoms with E-state index in [1.165, 1.54) is 5.56 Å². The van der Waals surface area contributed by atoms with Gasteiger partial charge in [-0.05, 0) is 57.5 Å². The van der Waals surface area contributed by atoms with Crippen LogP contribution in [0.5, 0.6) is 0 Å². The third-order valence-electron chi connectivity index (χ3n) is 2.91. The van der Waals surface area contributed by atoms with Gasteiger partial charge in [0, 0.05) is 25.9 Å². The van der Waals surface area contributed by atoms with E-state index in [-0.39, 0.29) is 6.04 Å². The molecule has 1 unspecified atom stereocenters. The summed E-state index contributed by atoms with van der Waals surface area (Å²) in [7, 11) is 0. The van der Waals surface area contributed by atoms with Crippen LogP contribution in [0.1, 0.15) is 24.1 Å². The number of likely N-dealkylation sites (N-methyl/N-ethyl adjacent to an activating group) is 1. The second kappa shape index (κ2) is 7.09. The second-order valence-corrected chi connectivity index (χ2v) is 6.67. The second-order valence-electron chi connectivity index (χ2n) is 4.23. The van der Waals surface area contributed by atoms with Crippen LogP contribution in [-0.2, 0) is 6.42 Å². The van der Waals surface area contributed by atoms with Crippen molar-refractivity contribution in [3.05, 3.63) is 54.6 Å². The zero-order valence-electron chi connectivity index (χ0n) is 10.4. The van der Waals surface area contributed by atoms with E-state index in [1.807, 2.05) is 12.1 Å². The van der Waals surface area contributed by atoms with Crippen molar-refractivity contribution in [2.75, 3.05) is 6.54 Å². The van der Waals surface area contributed by atoms with E-state index < -0.39 is 0 Å². The summed E-state index contributed by atoms with van der Waals surface area (Å²) in [4.78, 5) is 0. The van der Waals surface area contributed by atoms with Crippen molar-refractivity contribution in [2.24, 2.45) is 0 Å². The summed E-state index contributed by atoms with van der Waals surface area (Å²) in [5.74, 6) is 0. The monoisotopic (exact) mass is 377 g/mol. The number of benzene rings is 1. The number of hydrogen-bond acceptors (Lipinski definition) is 2. The van der Waals surface area contributed by atoms with Gasteiger partial charge < -0.3 is 5.32 Å². The van der Waals surface area contributed by atoms with Crippen LogP contribution in [0, 0.1) is 0 Å². The summed E-state index contributed by atoms with van der Waals surface area (Å²) in [6, 6.07) is 5.93. The first-order valence-corrected chi connectivity index (χ1v) is 8.50. The molecule has 0 aliphatic carbocycles. The Morgan fingerprint density at radius 1 is 1.32 bits per heavy atom. The van der Waals surface area contributed by atoms with Gasteiger partial charge in [-0.2, -0.15) is 11.3 Å². The van der Waals surface area contributed by atoms with Gasteiger partial charge in [-0.25, -0.2) is 0 Å². The zero-order valence-corrected chi connectivity index (χ0v) is 14.3. The van der Waals surface area contributed by atoms with Crippen molar-refractivity contribution in [2.45, 2.75) is 19.4 Å². The molecule has 102 valence electrons. The van der Waals surface area contributed by atoms with Gasteiger partial charge in [0.05, 0.1) is 0 Å². The highest BCUT2D eigenvalue weighted by Crippen LogP contribution is 2.31. The summed E-state index contributed by atoms with van der Waals surface area (Å²) < 4.78 is 1.15. The molecule has 0 saturated carbocycles. The molecule has 0 aliphatic rings. The Balaban J connectivity index is 2.24. The number of hydrogen-bond donors (Lipinski definition) is 1. The summed E-state index contributed by atoms with van der Waals surface area (Å²) >= 11 is 17.5. The fraction of sp³-hybridized carbons (Fsp3) is 0.286. The van der Waals surface area contributed by atoms with Crippen LogP contribution in [0.25, 0.3) is 0 Å². The van der Waals surface area contributed by atoms with E-state index >= 15 is 0 Å². The van der Waals surface area contributed by atoms with Crippen LogP contribution < -0.4 is 5.32 Å². The van der Waals surface area contributed by atoms with Gasteiger partial charge in [-0.15, -0.1) is 0 Å². The molecule has 0 radical (unpaired) electrons. The molecule has 2 aromatic rings. The first-order chi connectivity index (χ1) is 9.11. The zero-order chi connectivity index (χ0) is 13.8. The Hall–Kier alpha value is -0.0600. The Morgan fingerprint density at radius 3 is 2.68 bits per heavy atom. The summed E-state index contributed by atoms with van der Waals surface area (Å²) in [5.41, 5.74) is 2.38. The third kappa shape index (κ3) is 3.96. The number of thiophene rings is 1. The van der Waals surface area contributed by atoms with Gasteiger partial charge in [0.2, 0.25) is 0 Å². The third-order valence-corrected chi connectivity index (χ3v) is 5.25. The Labute approximate surface area is 136 Å².